The number of nitrogens with one attached hydrogen (secondary N) is 1. The van der Waals surface area contributed by atoms with Crippen molar-refractivity contribution in [2.75, 3.05) is 17.3 Å². The van der Waals surface area contributed by atoms with Crippen LogP contribution in [0.25, 0.3) is 0 Å². The van der Waals surface area contributed by atoms with E-state index in [9.17, 15) is 14.9 Å². The number of carbonyl (C=O) groups excluding carboxylic acids is 2. The minimum absolute atomic E-state index is 0.0583. The summed E-state index contributed by atoms with van der Waals surface area (Å²) in [5, 5.41) is 12.1. The van der Waals surface area contributed by atoms with Crippen molar-refractivity contribution in [3.63, 3.8) is 0 Å². The topological polar surface area (TPSA) is 73.2 Å². The summed E-state index contributed by atoms with van der Waals surface area (Å²) in [6.07, 6.45) is 2.75. The average Bonchev–Trinajstić information content (AvgIpc) is 2.92. The van der Waals surface area contributed by atoms with Crippen molar-refractivity contribution in [3.05, 3.63) is 83.4 Å². The summed E-state index contributed by atoms with van der Waals surface area (Å²) in [6, 6.07) is 23.0. The SMILES string of the molecule is CN1C(=O)c2ccccc2Sc2ccc(NC(=O)CCCCc3ccccc3C#N)cc21. The molecule has 5 nitrogen and oxygen atoms in total. The maximum atomic E-state index is 12.9. The molecule has 0 saturated carbocycles. The molecule has 160 valence electrons. The van der Waals surface area contributed by atoms with Crippen LogP contribution in [-0.4, -0.2) is 18.9 Å². The van der Waals surface area contributed by atoms with E-state index in [2.05, 4.69) is 11.4 Å². The van der Waals surface area contributed by atoms with Crippen LogP contribution in [0.5, 0.6) is 0 Å². The van der Waals surface area contributed by atoms with Gasteiger partial charge in [0.2, 0.25) is 5.91 Å². The van der Waals surface area contributed by atoms with Crippen LogP contribution in [0.15, 0.2) is 76.5 Å². The standard InChI is InChI=1S/C26H23N3O2S/c1-29-22-16-20(14-15-24(22)32-23-12-6-5-11-21(23)26(29)31)28-25(30)13-7-4-9-18-8-2-3-10-19(18)17-27/h2-3,5-6,8,10-12,14-16H,4,7,9,13H2,1H3,(H,28,30). The van der Waals surface area contributed by atoms with Crippen LogP contribution < -0.4 is 10.2 Å². The monoisotopic (exact) mass is 441 g/mol. The zero-order valence-electron chi connectivity index (χ0n) is 17.8. The highest BCUT2D eigenvalue weighted by Crippen LogP contribution is 2.41. The van der Waals surface area contributed by atoms with Gasteiger partial charge in [-0.25, -0.2) is 0 Å². The van der Waals surface area contributed by atoms with Crippen molar-refractivity contribution in [2.45, 2.75) is 35.5 Å². The number of benzene rings is 3. The second-order valence-electron chi connectivity index (χ2n) is 7.67. The molecule has 0 bridgehead atoms. The Morgan fingerprint density at radius 3 is 2.66 bits per heavy atom. The first-order valence-electron chi connectivity index (χ1n) is 10.5. The Bertz CT molecular complexity index is 1220. The molecule has 1 heterocycles. The normalized spacial score (nSPS) is 12.4. The van der Waals surface area contributed by atoms with Gasteiger partial charge in [0.15, 0.2) is 0 Å². The highest BCUT2D eigenvalue weighted by atomic mass is 32.2. The lowest BCUT2D eigenvalue weighted by molar-refractivity contribution is -0.116. The third-order valence-corrected chi connectivity index (χ3v) is 6.62. The smallest absolute Gasteiger partial charge is 0.259 e. The van der Waals surface area contributed by atoms with E-state index >= 15 is 0 Å². The molecule has 2 amide bonds. The van der Waals surface area contributed by atoms with Gasteiger partial charge < -0.3 is 10.2 Å². The molecular formula is C26H23N3O2S. The van der Waals surface area contributed by atoms with Crippen LogP contribution in [0.3, 0.4) is 0 Å². The number of rotatable bonds is 6. The fraction of sp³-hybridized carbons (Fsp3) is 0.192. The molecule has 32 heavy (non-hydrogen) atoms. The molecule has 0 saturated heterocycles. The van der Waals surface area contributed by atoms with Gasteiger partial charge in [-0.05, 0) is 61.2 Å². The quantitative estimate of drug-likeness (QED) is 0.502. The summed E-state index contributed by atoms with van der Waals surface area (Å²) in [5.74, 6) is -0.120. The number of nitrogens with zero attached hydrogens (tertiary/aromatic N) is 2. The van der Waals surface area contributed by atoms with E-state index in [1.807, 2.05) is 66.7 Å². The number of carbonyl (C=O) groups is 2. The number of anilines is 2. The zero-order valence-corrected chi connectivity index (χ0v) is 18.6. The lowest BCUT2D eigenvalue weighted by Crippen LogP contribution is -2.26. The second-order valence-corrected chi connectivity index (χ2v) is 8.75. The zero-order chi connectivity index (χ0) is 22.5. The van der Waals surface area contributed by atoms with Gasteiger partial charge in [-0.2, -0.15) is 5.26 Å². The third-order valence-electron chi connectivity index (χ3n) is 5.48. The molecule has 0 radical (unpaired) electrons. The summed E-state index contributed by atoms with van der Waals surface area (Å²) in [4.78, 5) is 28.9. The van der Waals surface area contributed by atoms with Gasteiger partial charge in [-0.3, -0.25) is 9.59 Å². The number of amides is 2. The first-order chi connectivity index (χ1) is 15.6. The van der Waals surface area contributed by atoms with E-state index in [1.165, 1.54) is 0 Å². The molecule has 1 aliphatic heterocycles. The first-order valence-corrected chi connectivity index (χ1v) is 11.4. The number of aryl methyl sites for hydroxylation is 1. The van der Waals surface area contributed by atoms with E-state index in [1.54, 1.807) is 23.7 Å². The molecule has 3 aromatic rings. The minimum atomic E-state index is -0.0621. The number of nitriles is 1. The Morgan fingerprint density at radius 1 is 1.03 bits per heavy atom. The largest absolute Gasteiger partial charge is 0.326 e. The molecule has 0 aromatic heterocycles. The first kappa shape index (κ1) is 21.7. The lowest BCUT2D eigenvalue weighted by Gasteiger charge is -2.18. The Labute approximate surface area is 192 Å². The number of unbranched alkanes of at least 4 members (excludes halogenated alkanes) is 1. The van der Waals surface area contributed by atoms with Gasteiger partial charge in [0.05, 0.1) is 22.9 Å². The average molecular weight is 442 g/mol. The fourth-order valence-corrected chi connectivity index (χ4v) is 4.84. The van der Waals surface area contributed by atoms with Gasteiger partial charge in [0.1, 0.15) is 0 Å². The maximum Gasteiger partial charge on any atom is 0.259 e. The summed E-state index contributed by atoms with van der Waals surface area (Å²) in [7, 11) is 1.76. The van der Waals surface area contributed by atoms with E-state index in [4.69, 9.17) is 0 Å². The van der Waals surface area contributed by atoms with Crippen molar-refractivity contribution in [2.24, 2.45) is 0 Å². The molecule has 0 atom stereocenters. The van der Waals surface area contributed by atoms with Gasteiger partial charge in [-0.1, -0.05) is 42.1 Å². The van der Waals surface area contributed by atoms with Gasteiger partial charge in [-0.15, -0.1) is 0 Å². The molecule has 4 rings (SSSR count). The van der Waals surface area contributed by atoms with Crippen LogP contribution in [0, 0.1) is 11.3 Å². The maximum absolute atomic E-state index is 12.9. The van der Waals surface area contributed by atoms with Crippen LogP contribution in [-0.2, 0) is 11.2 Å². The van der Waals surface area contributed by atoms with Crippen LogP contribution >= 0.6 is 11.8 Å². The summed E-state index contributed by atoms with van der Waals surface area (Å²) >= 11 is 1.56. The van der Waals surface area contributed by atoms with Crippen LogP contribution in [0.4, 0.5) is 11.4 Å². The van der Waals surface area contributed by atoms with Gasteiger partial charge in [0.25, 0.3) is 5.91 Å². The fourth-order valence-electron chi connectivity index (χ4n) is 3.76. The molecule has 0 aliphatic carbocycles. The molecule has 0 spiro atoms. The summed E-state index contributed by atoms with van der Waals surface area (Å²) in [6.45, 7) is 0. The highest BCUT2D eigenvalue weighted by Gasteiger charge is 2.24. The summed E-state index contributed by atoms with van der Waals surface area (Å²) < 4.78 is 0. The van der Waals surface area contributed by atoms with Gasteiger partial charge >= 0.3 is 0 Å². The van der Waals surface area contributed by atoms with Crippen molar-refractivity contribution >= 4 is 35.0 Å². The van der Waals surface area contributed by atoms with E-state index in [-0.39, 0.29) is 11.8 Å². The molecule has 1 N–H and O–H groups in total. The van der Waals surface area contributed by atoms with Crippen LogP contribution in [0.2, 0.25) is 0 Å². The number of fused-ring (bicyclic) bond motifs is 2. The van der Waals surface area contributed by atoms with Gasteiger partial charge in [0, 0.05) is 28.9 Å². The number of hydrogen-bond acceptors (Lipinski definition) is 4. The Balaban J connectivity index is 1.37. The third kappa shape index (κ3) is 4.68. The van der Waals surface area contributed by atoms with Crippen molar-refractivity contribution in [1.29, 1.82) is 5.26 Å². The van der Waals surface area contributed by atoms with E-state index in [0.717, 1.165) is 40.3 Å². The van der Waals surface area contributed by atoms with Crippen molar-refractivity contribution in [1.82, 2.24) is 0 Å². The molecule has 1 aliphatic rings. The Hall–Kier alpha value is -3.56. The second kappa shape index (κ2) is 9.71. The molecule has 0 fully saturated rings. The van der Waals surface area contributed by atoms with E-state index < -0.39 is 0 Å². The molecule has 3 aromatic carbocycles. The minimum Gasteiger partial charge on any atom is -0.326 e. The predicted molar refractivity (Wildman–Crippen MR) is 127 cm³/mol. The highest BCUT2D eigenvalue weighted by molar-refractivity contribution is 7.99. The predicted octanol–water partition coefficient (Wildman–Crippen LogP) is 5.65. The summed E-state index contributed by atoms with van der Waals surface area (Å²) in [5.41, 5.74) is 3.85. The van der Waals surface area contributed by atoms with Crippen LogP contribution in [0.1, 0.15) is 40.7 Å². The van der Waals surface area contributed by atoms with Crippen molar-refractivity contribution < 1.29 is 9.59 Å². The Morgan fingerprint density at radius 2 is 1.81 bits per heavy atom. The van der Waals surface area contributed by atoms with E-state index in [0.29, 0.717) is 23.2 Å². The number of hydrogen-bond donors (Lipinski definition) is 1. The Kier molecular flexibility index (Phi) is 6.58. The van der Waals surface area contributed by atoms with Crippen molar-refractivity contribution in [3.8, 4) is 6.07 Å². The molecule has 0 unspecified atom stereocenters. The lowest BCUT2D eigenvalue weighted by atomic mass is 10.0. The molecular weight excluding hydrogens is 418 g/mol. The molecule has 6 heteroatoms.